The van der Waals surface area contributed by atoms with E-state index in [1.54, 1.807) is 10.6 Å². The van der Waals surface area contributed by atoms with Crippen molar-refractivity contribution in [2.75, 3.05) is 18.2 Å². The van der Waals surface area contributed by atoms with Gasteiger partial charge in [-0.15, -0.1) is 21.5 Å². The molecule has 4 aromatic rings. The molecule has 0 aliphatic rings. The van der Waals surface area contributed by atoms with E-state index in [9.17, 15) is 9.59 Å². The number of halogens is 1. The lowest BCUT2D eigenvalue weighted by Crippen LogP contribution is -2.16. The molecule has 2 heterocycles. The summed E-state index contributed by atoms with van der Waals surface area (Å²) in [7, 11) is 3.13. The van der Waals surface area contributed by atoms with Gasteiger partial charge in [-0.05, 0) is 37.1 Å². The summed E-state index contributed by atoms with van der Waals surface area (Å²) in [6, 6.07) is 15.0. The predicted octanol–water partition coefficient (Wildman–Crippen LogP) is 6.16. The van der Waals surface area contributed by atoms with Gasteiger partial charge in [0.25, 0.3) is 0 Å². The second kappa shape index (κ2) is 11.8. The van der Waals surface area contributed by atoms with Crippen molar-refractivity contribution in [3.05, 3.63) is 75.9 Å². The second-order valence-electron chi connectivity index (χ2n) is 8.14. The van der Waals surface area contributed by atoms with Crippen molar-refractivity contribution in [2.45, 2.75) is 25.1 Å². The molecule has 2 aromatic carbocycles. The molecule has 1 atom stereocenters. The van der Waals surface area contributed by atoms with Crippen molar-refractivity contribution < 1.29 is 19.1 Å². The minimum atomic E-state index is -0.510. The molecule has 0 fully saturated rings. The molecule has 0 radical (unpaired) electrons. The molecule has 1 unspecified atom stereocenters. The lowest BCUT2D eigenvalue weighted by Gasteiger charge is -2.15. The number of benzene rings is 2. The number of anilines is 1. The van der Waals surface area contributed by atoms with Gasteiger partial charge in [0.2, 0.25) is 5.91 Å². The lowest BCUT2D eigenvalue weighted by molar-refractivity contribution is -0.113. The van der Waals surface area contributed by atoms with E-state index in [1.807, 2.05) is 68.7 Å². The summed E-state index contributed by atoms with van der Waals surface area (Å²) in [4.78, 5) is 25.3. The molecule has 4 rings (SSSR count). The third-order valence-corrected chi connectivity index (χ3v) is 7.70. The Labute approximate surface area is 228 Å². The van der Waals surface area contributed by atoms with Crippen LogP contribution in [0.25, 0.3) is 11.1 Å². The molecule has 0 saturated heterocycles. The first-order chi connectivity index (χ1) is 17.8. The third-order valence-electron chi connectivity index (χ3n) is 5.47. The Hall–Kier alpha value is -3.34. The van der Waals surface area contributed by atoms with Crippen molar-refractivity contribution in [1.29, 1.82) is 0 Å². The average molecular weight is 557 g/mol. The minimum absolute atomic E-state index is 0.0735. The topological polar surface area (TPSA) is 95.3 Å². The van der Waals surface area contributed by atoms with E-state index < -0.39 is 12.1 Å². The third kappa shape index (κ3) is 6.15. The number of nitrogens with one attached hydrogen (secondary N) is 1. The Bertz CT molecular complexity index is 1420. The molecular weight excluding hydrogens is 532 g/mol. The van der Waals surface area contributed by atoms with Gasteiger partial charge in [-0.25, -0.2) is 4.79 Å². The van der Waals surface area contributed by atoms with Crippen molar-refractivity contribution in [1.82, 2.24) is 14.8 Å². The number of rotatable bonds is 9. The first kappa shape index (κ1) is 26.7. The molecule has 11 heteroatoms. The fraction of sp³-hybridized carbons (Fsp3) is 0.231. The quantitative estimate of drug-likeness (QED) is 0.195. The maximum Gasteiger partial charge on any atom is 0.341 e. The van der Waals surface area contributed by atoms with Crippen molar-refractivity contribution >= 4 is 51.6 Å². The molecule has 0 saturated carbocycles. The number of hydrogen-bond donors (Lipinski definition) is 1. The first-order valence-electron chi connectivity index (χ1n) is 11.3. The van der Waals surface area contributed by atoms with Gasteiger partial charge in [0.05, 0.1) is 17.9 Å². The van der Waals surface area contributed by atoms with E-state index >= 15 is 0 Å². The Morgan fingerprint density at radius 2 is 1.95 bits per heavy atom. The zero-order chi connectivity index (χ0) is 26.5. The van der Waals surface area contributed by atoms with Gasteiger partial charge in [-0.2, -0.15) is 0 Å². The molecule has 192 valence electrons. The van der Waals surface area contributed by atoms with E-state index in [-0.39, 0.29) is 11.7 Å². The summed E-state index contributed by atoms with van der Waals surface area (Å²) in [5.41, 5.74) is 2.94. The van der Waals surface area contributed by atoms with Crippen LogP contribution < -0.4 is 10.1 Å². The Morgan fingerprint density at radius 1 is 1.19 bits per heavy atom. The Morgan fingerprint density at radius 3 is 2.68 bits per heavy atom. The monoisotopic (exact) mass is 556 g/mol. The number of methoxy groups -OCH3 is 1. The van der Waals surface area contributed by atoms with Gasteiger partial charge in [0.15, 0.2) is 17.1 Å². The highest BCUT2D eigenvalue weighted by molar-refractivity contribution is 7.99. The number of hydrogen-bond acceptors (Lipinski definition) is 8. The molecular formula is C26H25ClN4O4S2. The van der Waals surface area contributed by atoms with E-state index in [0.717, 1.165) is 11.1 Å². The first-order valence-corrected chi connectivity index (χ1v) is 13.5. The molecule has 2 aromatic heterocycles. The molecule has 8 nitrogen and oxygen atoms in total. The van der Waals surface area contributed by atoms with Crippen LogP contribution in [0.1, 0.15) is 34.8 Å². The molecule has 0 bridgehead atoms. The van der Waals surface area contributed by atoms with Crippen LogP contribution in [0, 0.1) is 6.92 Å². The number of nitrogens with zero attached hydrogens (tertiary/aromatic N) is 3. The average Bonchev–Trinajstić information content (AvgIpc) is 3.48. The normalized spacial score (nSPS) is 11.7. The highest BCUT2D eigenvalue weighted by atomic mass is 35.5. The number of thioether (sulfide) groups is 1. The molecule has 1 N–H and O–H groups in total. The van der Waals surface area contributed by atoms with Gasteiger partial charge in [0.1, 0.15) is 16.3 Å². The molecule has 0 spiro atoms. The Balaban J connectivity index is 1.43. The van der Waals surface area contributed by atoms with Crippen LogP contribution in [-0.2, 0) is 16.6 Å². The number of thiophene rings is 1. The summed E-state index contributed by atoms with van der Waals surface area (Å²) in [6.45, 7) is 3.82. The number of amides is 1. The smallest absolute Gasteiger partial charge is 0.341 e. The van der Waals surface area contributed by atoms with Crippen molar-refractivity contribution in [3.63, 3.8) is 0 Å². The van der Waals surface area contributed by atoms with E-state index in [4.69, 9.17) is 21.1 Å². The number of aryl methyl sites for hydroxylation is 1. The summed E-state index contributed by atoms with van der Waals surface area (Å²) in [5.74, 6) is 0.447. The van der Waals surface area contributed by atoms with Crippen LogP contribution in [-0.4, -0.2) is 39.5 Å². The number of aromatic nitrogens is 3. The zero-order valence-corrected chi connectivity index (χ0v) is 23.0. The fourth-order valence-corrected chi connectivity index (χ4v) is 5.48. The molecule has 0 aliphatic carbocycles. The highest BCUT2D eigenvalue weighted by Crippen LogP contribution is 2.36. The number of carbonyl (C=O) groups is 2. The van der Waals surface area contributed by atoms with Gasteiger partial charge >= 0.3 is 5.97 Å². The largest absolute Gasteiger partial charge is 0.481 e. The van der Waals surface area contributed by atoms with Gasteiger partial charge in [-0.1, -0.05) is 59.8 Å². The Kier molecular flexibility index (Phi) is 8.52. The molecule has 1 amide bonds. The fourth-order valence-electron chi connectivity index (χ4n) is 3.63. The summed E-state index contributed by atoms with van der Waals surface area (Å²) < 4.78 is 12.8. The summed E-state index contributed by atoms with van der Waals surface area (Å²) in [5, 5.41) is 14.6. The summed E-state index contributed by atoms with van der Waals surface area (Å²) >= 11 is 8.76. The predicted molar refractivity (Wildman–Crippen MR) is 147 cm³/mol. The lowest BCUT2D eigenvalue weighted by atomic mass is 10.0. The number of ether oxygens (including phenoxy) is 2. The van der Waals surface area contributed by atoms with Crippen LogP contribution >= 0.6 is 34.7 Å². The van der Waals surface area contributed by atoms with Crippen molar-refractivity contribution in [3.8, 4) is 16.9 Å². The van der Waals surface area contributed by atoms with E-state index in [2.05, 4.69) is 15.5 Å². The molecule has 0 aliphatic heterocycles. The number of esters is 1. The van der Waals surface area contributed by atoms with Crippen LogP contribution in [0.4, 0.5) is 5.00 Å². The maximum atomic E-state index is 12.8. The SMILES string of the molecule is COC(=O)c1c(-c2ccccc2)csc1NC(=O)CSc1nnc(C(C)Oc2cc(C)ccc2Cl)n1C. The van der Waals surface area contributed by atoms with E-state index in [1.165, 1.54) is 30.2 Å². The highest BCUT2D eigenvalue weighted by Gasteiger charge is 2.23. The van der Waals surface area contributed by atoms with Gasteiger partial charge < -0.3 is 19.4 Å². The van der Waals surface area contributed by atoms with Gasteiger partial charge in [0, 0.05) is 18.0 Å². The van der Waals surface area contributed by atoms with Gasteiger partial charge in [-0.3, -0.25) is 4.79 Å². The van der Waals surface area contributed by atoms with Crippen LogP contribution in [0.15, 0.2) is 59.1 Å². The molecule has 37 heavy (non-hydrogen) atoms. The maximum absolute atomic E-state index is 12.8. The second-order valence-corrected chi connectivity index (χ2v) is 10.4. The van der Waals surface area contributed by atoms with Crippen molar-refractivity contribution in [2.24, 2.45) is 7.05 Å². The van der Waals surface area contributed by atoms with E-state index in [0.29, 0.717) is 37.9 Å². The zero-order valence-electron chi connectivity index (χ0n) is 20.6. The van der Waals surface area contributed by atoms with Crippen LogP contribution in [0.5, 0.6) is 5.75 Å². The summed E-state index contributed by atoms with van der Waals surface area (Å²) in [6.07, 6.45) is -0.412. The minimum Gasteiger partial charge on any atom is -0.481 e. The standard InChI is InChI=1S/C26H25ClN4O4S2/c1-15-10-11-19(27)20(12-15)35-16(2)23-29-30-26(31(23)3)37-14-21(32)28-24-22(25(33)34-4)18(13-36-24)17-8-6-5-7-9-17/h5-13,16H,14H2,1-4H3,(H,28,32). The van der Waals surface area contributed by atoms with Crippen LogP contribution in [0.2, 0.25) is 5.02 Å². The van der Waals surface area contributed by atoms with Crippen LogP contribution in [0.3, 0.4) is 0 Å². The number of carbonyl (C=O) groups excluding carboxylic acids is 2.